The maximum Gasteiger partial charge on any atom is 0.107 e. The van der Waals surface area contributed by atoms with Gasteiger partial charge in [0.1, 0.15) is 5.44 Å². The summed E-state index contributed by atoms with van der Waals surface area (Å²) in [4.78, 5) is 1.12. The monoisotopic (exact) mass is 214 g/mol. The van der Waals surface area contributed by atoms with E-state index in [4.69, 9.17) is 16.3 Å². The van der Waals surface area contributed by atoms with E-state index in [0.29, 0.717) is 5.44 Å². The molecule has 0 saturated carbocycles. The molecule has 3 heteroatoms. The van der Waals surface area contributed by atoms with Crippen molar-refractivity contribution < 1.29 is 4.74 Å². The highest BCUT2D eigenvalue weighted by molar-refractivity contribution is 7.99. The molecule has 1 aliphatic rings. The van der Waals surface area contributed by atoms with E-state index in [1.807, 2.05) is 24.3 Å². The zero-order valence-electron chi connectivity index (χ0n) is 7.20. The van der Waals surface area contributed by atoms with Crippen molar-refractivity contribution in [3.8, 4) is 0 Å². The van der Waals surface area contributed by atoms with E-state index < -0.39 is 0 Å². The topological polar surface area (TPSA) is 9.23 Å². The molecule has 1 heterocycles. The second-order valence-corrected chi connectivity index (χ2v) is 4.60. The molecule has 1 saturated heterocycles. The number of benzene rings is 1. The van der Waals surface area contributed by atoms with Gasteiger partial charge in [0.2, 0.25) is 0 Å². The molecule has 0 spiro atoms. The summed E-state index contributed by atoms with van der Waals surface area (Å²) in [6, 6.07) is 7.90. The van der Waals surface area contributed by atoms with Crippen LogP contribution in [0.25, 0.3) is 0 Å². The van der Waals surface area contributed by atoms with E-state index in [1.54, 1.807) is 11.8 Å². The molecule has 0 amide bonds. The fourth-order valence-corrected chi connectivity index (χ4v) is 2.66. The van der Waals surface area contributed by atoms with Gasteiger partial charge in [0.25, 0.3) is 0 Å². The van der Waals surface area contributed by atoms with Gasteiger partial charge in [-0.05, 0) is 25.0 Å². The summed E-state index contributed by atoms with van der Waals surface area (Å²) in [6.07, 6.45) is 2.30. The van der Waals surface area contributed by atoms with E-state index in [1.165, 1.54) is 6.42 Å². The first-order valence-corrected chi connectivity index (χ1v) is 5.65. The Morgan fingerprint density at radius 2 is 2.23 bits per heavy atom. The van der Waals surface area contributed by atoms with Gasteiger partial charge >= 0.3 is 0 Å². The lowest BCUT2D eigenvalue weighted by Crippen LogP contribution is -1.97. The lowest BCUT2D eigenvalue weighted by atomic mass is 10.4. The molecule has 0 aromatic heterocycles. The maximum atomic E-state index is 6.03. The Balaban J connectivity index is 2.04. The number of rotatable bonds is 2. The van der Waals surface area contributed by atoms with Crippen molar-refractivity contribution in [2.75, 3.05) is 6.61 Å². The van der Waals surface area contributed by atoms with Crippen LogP contribution in [0.2, 0.25) is 5.02 Å². The Kier molecular flexibility index (Phi) is 3.14. The van der Waals surface area contributed by atoms with Gasteiger partial charge in [-0.15, -0.1) is 0 Å². The number of thioether (sulfide) groups is 1. The van der Waals surface area contributed by atoms with Crippen LogP contribution in [0.15, 0.2) is 29.2 Å². The quantitative estimate of drug-likeness (QED) is 0.745. The van der Waals surface area contributed by atoms with Crippen LogP contribution in [-0.2, 0) is 4.74 Å². The smallest absolute Gasteiger partial charge is 0.107 e. The van der Waals surface area contributed by atoms with Gasteiger partial charge < -0.3 is 4.74 Å². The second-order valence-electron chi connectivity index (χ2n) is 2.99. The molecule has 1 aromatic rings. The number of hydrogen-bond acceptors (Lipinski definition) is 2. The first-order chi connectivity index (χ1) is 6.36. The molecule has 1 fully saturated rings. The van der Waals surface area contributed by atoms with E-state index >= 15 is 0 Å². The Labute approximate surface area is 87.4 Å². The van der Waals surface area contributed by atoms with Crippen LogP contribution >= 0.6 is 23.4 Å². The molecule has 0 aliphatic carbocycles. The van der Waals surface area contributed by atoms with Gasteiger partial charge in [-0.1, -0.05) is 35.5 Å². The lowest BCUT2D eigenvalue weighted by Gasteiger charge is -2.09. The van der Waals surface area contributed by atoms with Gasteiger partial charge in [-0.25, -0.2) is 0 Å². The van der Waals surface area contributed by atoms with Crippen molar-refractivity contribution in [3.05, 3.63) is 29.3 Å². The summed E-state index contributed by atoms with van der Waals surface area (Å²) in [7, 11) is 0. The summed E-state index contributed by atoms with van der Waals surface area (Å²) in [5.41, 5.74) is 0.305. The molecular weight excluding hydrogens is 204 g/mol. The fraction of sp³-hybridized carbons (Fsp3) is 0.400. The SMILES string of the molecule is Clc1ccccc1SC1CCCO1. The van der Waals surface area contributed by atoms with Crippen molar-refractivity contribution in [1.82, 2.24) is 0 Å². The minimum atomic E-state index is 0.305. The van der Waals surface area contributed by atoms with Gasteiger partial charge in [0, 0.05) is 11.5 Å². The van der Waals surface area contributed by atoms with Crippen LogP contribution in [0.4, 0.5) is 0 Å². The number of halogens is 1. The van der Waals surface area contributed by atoms with Crippen molar-refractivity contribution in [2.24, 2.45) is 0 Å². The molecule has 1 aliphatic heterocycles. The molecule has 2 rings (SSSR count). The van der Waals surface area contributed by atoms with E-state index in [9.17, 15) is 0 Å². The average Bonchev–Trinajstić information content (AvgIpc) is 2.61. The largest absolute Gasteiger partial charge is 0.367 e. The molecule has 13 heavy (non-hydrogen) atoms. The first kappa shape index (κ1) is 9.38. The Morgan fingerprint density at radius 1 is 1.38 bits per heavy atom. The second kappa shape index (κ2) is 4.36. The van der Waals surface area contributed by atoms with Crippen molar-refractivity contribution in [2.45, 2.75) is 23.2 Å². The third-order valence-electron chi connectivity index (χ3n) is 1.98. The third kappa shape index (κ3) is 2.39. The molecule has 1 aromatic carbocycles. The van der Waals surface area contributed by atoms with Crippen molar-refractivity contribution in [1.29, 1.82) is 0 Å². The van der Waals surface area contributed by atoms with Gasteiger partial charge in [-0.3, -0.25) is 0 Å². The van der Waals surface area contributed by atoms with E-state index in [-0.39, 0.29) is 0 Å². The van der Waals surface area contributed by atoms with Crippen molar-refractivity contribution in [3.63, 3.8) is 0 Å². The number of hydrogen-bond donors (Lipinski definition) is 0. The predicted molar refractivity (Wildman–Crippen MR) is 56.3 cm³/mol. The normalized spacial score (nSPS) is 22.1. The van der Waals surface area contributed by atoms with E-state index in [2.05, 4.69) is 0 Å². The number of ether oxygens (including phenoxy) is 1. The van der Waals surface area contributed by atoms with Crippen LogP contribution in [0.3, 0.4) is 0 Å². The van der Waals surface area contributed by atoms with E-state index in [0.717, 1.165) is 22.9 Å². The molecule has 0 bridgehead atoms. The maximum absolute atomic E-state index is 6.03. The highest BCUT2D eigenvalue weighted by Gasteiger charge is 2.17. The summed E-state index contributed by atoms with van der Waals surface area (Å²) in [5, 5.41) is 0.822. The molecule has 0 N–H and O–H groups in total. The van der Waals surface area contributed by atoms with Crippen molar-refractivity contribution >= 4 is 23.4 Å². The minimum Gasteiger partial charge on any atom is -0.367 e. The average molecular weight is 215 g/mol. The van der Waals surface area contributed by atoms with Gasteiger partial charge in [0.05, 0.1) is 5.02 Å². The zero-order valence-corrected chi connectivity index (χ0v) is 8.77. The summed E-state index contributed by atoms with van der Waals surface area (Å²) >= 11 is 7.75. The lowest BCUT2D eigenvalue weighted by molar-refractivity contribution is 0.173. The molecule has 1 nitrogen and oxygen atoms in total. The third-order valence-corrected chi connectivity index (χ3v) is 3.67. The Morgan fingerprint density at radius 3 is 2.92 bits per heavy atom. The van der Waals surface area contributed by atoms with Crippen LogP contribution < -0.4 is 0 Å². The molecule has 70 valence electrons. The Hall–Kier alpha value is -0.180. The molecule has 1 atom stereocenters. The highest BCUT2D eigenvalue weighted by atomic mass is 35.5. The van der Waals surface area contributed by atoms with Crippen LogP contribution in [0.1, 0.15) is 12.8 Å². The summed E-state index contributed by atoms with van der Waals surface area (Å²) < 4.78 is 5.52. The Bertz CT molecular complexity index is 284. The summed E-state index contributed by atoms with van der Waals surface area (Å²) in [5.74, 6) is 0. The van der Waals surface area contributed by atoms with Crippen LogP contribution in [0, 0.1) is 0 Å². The summed E-state index contributed by atoms with van der Waals surface area (Å²) in [6.45, 7) is 0.891. The molecule has 1 unspecified atom stereocenters. The predicted octanol–water partition coefficient (Wildman–Crippen LogP) is 3.57. The van der Waals surface area contributed by atoms with Gasteiger partial charge in [0.15, 0.2) is 0 Å². The fourth-order valence-electron chi connectivity index (χ4n) is 1.32. The minimum absolute atomic E-state index is 0.305. The molecule has 0 radical (unpaired) electrons. The zero-order chi connectivity index (χ0) is 9.10. The standard InChI is InChI=1S/C10H11ClOS/c11-8-4-1-2-5-9(8)13-10-6-3-7-12-10/h1-2,4-5,10H,3,6-7H2. The first-order valence-electron chi connectivity index (χ1n) is 4.39. The molecular formula is C10H11ClOS. The van der Waals surface area contributed by atoms with Crippen LogP contribution in [-0.4, -0.2) is 12.0 Å². The van der Waals surface area contributed by atoms with Crippen LogP contribution in [0.5, 0.6) is 0 Å². The highest BCUT2D eigenvalue weighted by Crippen LogP contribution is 2.34. The van der Waals surface area contributed by atoms with Gasteiger partial charge in [-0.2, -0.15) is 0 Å².